The first-order valence-corrected chi connectivity index (χ1v) is 14.9. The van der Waals surface area contributed by atoms with E-state index in [-0.39, 0.29) is 24.6 Å². The third-order valence-corrected chi connectivity index (χ3v) is 8.52. The van der Waals surface area contributed by atoms with Gasteiger partial charge >= 0.3 is 0 Å². The Morgan fingerprint density at radius 1 is 0.953 bits per heavy atom. The lowest BCUT2D eigenvalue weighted by atomic mass is 9.92. The predicted octanol–water partition coefficient (Wildman–Crippen LogP) is 3.72. The molecule has 4 aromatic rings. The van der Waals surface area contributed by atoms with Crippen molar-refractivity contribution >= 4 is 28.8 Å². The van der Waals surface area contributed by atoms with Crippen molar-refractivity contribution in [3.63, 3.8) is 0 Å². The number of para-hydroxylation sites is 1. The van der Waals surface area contributed by atoms with E-state index in [1.54, 1.807) is 18.2 Å². The van der Waals surface area contributed by atoms with Crippen molar-refractivity contribution in [1.82, 2.24) is 25.4 Å². The molecule has 1 aromatic heterocycles. The van der Waals surface area contributed by atoms with Crippen molar-refractivity contribution in [3.8, 4) is 11.5 Å². The lowest BCUT2D eigenvalue weighted by Gasteiger charge is -2.35. The lowest BCUT2D eigenvalue weighted by Crippen LogP contribution is -2.46. The van der Waals surface area contributed by atoms with Gasteiger partial charge in [-0.15, -0.1) is 0 Å². The molecule has 0 spiro atoms. The SMILES string of the molecule is O=C(NCCN1CCNCC1)c1cccc(C=CC(=O)N2CCc3c([nH]c4ccccc34)C2c2ccc3c(c2)OCO3)c1. The van der Waals surface area contributed by atoms with Gasteiger partial charge in [0.2, 0.25) is 12.7 Å². The topological polar surface area (TPSA) is 98.9 Å². The zero-order valence-corrected chi connectivity index (χ0v) is 24.0. The van der Waals surface area contributed by atoms with Crippen LogP contribution in [-0.4, -0.2) is 79.2 Å². The number of carbonyl (C=O) groups is 2. The summed E-state index contributed by atoms with van der Waals surface area (Å²) in [5, 5.41) is 7.56. The van der Waals surface area contributed by atoms with Crippen LogP contribution >= 0.6 is 0 Å². The fourth-order valence-electron chi connectivity index (χ4n) is 6.32. The summed E-state index contributed by atoms with van der Waals surface area (Å²) in [7, 11) is 0. The number of amides is 2. The van der Waals surface area contributed by atoms with Crippen molar-refractivity contribution in [3.05, 3.63) is 101 Å². The maximum atomic E-state index is 13.8. The summed E-state index contributed by atoms with van der Waals surface area (Å²) in [5.41, 5.74) is 5.65. The second-order valence-corrected chi connectivity index (χ2v) is 11.2. The molecule has 9 nitrogen and oxygen atoms in total. The Hall–Kier alpha value is -4.60. The van der Waals surface area contributed by atoms with Crippen molar-refractivity contribution in [2.45, 2.75) is 12.5 Å². The van der Waals surface area contributed by atoms with Crippen LogP contribution in [0.1, 0.15) is 38.8 Å². The molecule has 0 saturated carbocycles. The molecule has 0 aliphatic carbocycles. The van der Waals surface area contributed by atoms with Gasteiger partial charge < -0.3 is 30.0 Å². The van der Waals surface area contributed by atoms with Gasteiger partial charge in [0.05, 0.1) is 6.04 Å². The zero-order chi connectivity index (χ0) is 29.2. The molecule has 220 valence electrons. The zero-order valence-electron chi connectivity index (χ0n) is 24.0. The van der Waals surface area contributed by atoms with Gasteiger partial charge in [0.25, 0.3) is 5.91 Å². The monoisotopic (exact) mass is 577 g/mol. The molecule has 43 heavy (non-hydrogen) atoms. The van der Waals surface area contributed by atoms with E-state index in [0.717, 1.165) is 61.5 Å². The lowest BCUT2D eigenvalue weighted by molar-refractivity contribution is -0.128. The number of nitrogens with one attached hydrogen (secondary N) is 3. The predicted molar refractivity (Wildman–Crippen MR) is 165 cm³/mol. The average molecular weight is 578 g/mol. The van der Waals surface area contributed by atoms with Crippen LogP contribution in [0.15, 0.2) is 72.8 Å². The number of aromatic nitrogens is 1. The fourth-order valence-corrected chi connectivity index (χ4v) is 6.32. The Bertz CT molecular complexity index is 1690. The van der Waals surface area contributed by atoms with Gasteiger partial charge in [-0.25, -0.2) is 0 Å². The number of ether oxygens (including phenoxy) is 2. The van der Waals surface area contributed by atoms with E-state index < -0.39 is 0 Å². The van der Waals surface area contributed by atoms with Gasteiger partial charge in [-0.3, -0.25) is 14.5 Å². The van der Waals surface area contributed by atoms with E-state index in [1.165, 1.54) is 10.9 Å². The van der Waals surface area contributed by atoms with E-state index >= 15 is 0 Å². The molecule has 1 unspecified atom stereocenters. The number of nitrogens with zero attached hydrogens (tertiary/aromatic N) is 2. The van der Waals surface area contributed by atoms with Crippen LogP contribution in [0.2, 0.25) is 0 Å². The van der Waals surface area contributed by atoms with Gasteiger partial charge in [0, 0.05) is 74.0 Å². The molecular formula is C34H35N5O4. The standard InChI is InChI=1S/C34H35N5O4/c40-31(11-8-23-4-3-5-25(20-23)34(41)36-15-19-38-17-13-35-14-18-38)39-16-12-27-26-6-1-2-7-28(26)37-32(27)33(39)24-9-10-29-30(21-24)43-22-42-29/h1-11,20-21,33,35,37H,12-19,22H2,(H,36,41). The Kier molecular flexibility index (Phi) is 7.57. The molecule has 0 bridgehead atoms. The fraction of sp³-hybridized carbons (Fsp3) is 0.294. The van der Waals surface area contributed by atoms with E-state index in [4.69, 9.17) is 9.47 Å². The third-order valence-electron chi connectivity index (χ3n) is 8.52. The quantitative estimate of drug-likeness (QED) is 0.290. The number of benzene rings is 3. The second kappa shape index (κ2) is 11.9. The van der Waals surface area contributed by atoms with Gasteiger partial charge in [-0.2, -0.15) is 0 Å². The highest BCUT2D eigenvalue weighted by molar-refractivity contribution is 5.96. The van der Waals surface area contributed by atoms with Crippen LogP contribution in [0.5, 0.6) is 11.5 Å². The van der Waals surface area contributed by atoms with Gasteiger partial charge in [-0.1, -0.05) is 36.4 Å². The van der Waals surface area contributed by atoms with Crippen LogP contribution in [-0.2, 0) is 11.2 Å². The molecule has 1 saturated heterocycles. The summed E-state index contributed by atoms with van der Waals surface area (Å²) >= 11 is 0. The minimum atomic E-state index is -0.310. The number of rotatable bonds is 7. The second-order valence-electron chi connectivity index (χ2n) is 11.2. The van der Waals surface area contributed by atoms with Crippen LogP contribution in [0.3, 0.4) is 0 Å². The number of fused-ring (bicyclic) bond motifs is 4. The van der Waals surface area contributed by atoms with Gasteiger partial charge in [0.1, 0.15) is 0 Å². The maximum Gasteiger partial charge on any atom is 0.251 e. The highest BCUT2D eigenvalue weighted by Gasteiger charge is 2.34. The van der Waals surface area contributed by atoms with E-state index in [0.29, 0.717) is 30.2 Å². The Morgan fingerprint density at radius 2 is 1.81 bits per heavy atom. The molecule has 0 radical (unpaired) electrons. The van der Waals surface area contributed by atoms with Crippen molar-refractivity contribution in [2.24, 2.45) is 0 Å². The Morgan fingerprint density at radius 3 is 2.72 bits per heavy atom. The average Bonchev–Trinajstić information content (AvgIpc) is 3.68. The summed E-state index contributed by atoms with van der Waals surface area (Å²) < 4.78 is 11.2. The minimum absolute atomic E-state index is 0.0992. The minimum Gasteiger partial charge on any atom is -0.454 e. The van der Waals surface area contributed by atoms with E-state index in [2.05, 4.69) is 32.7 Å². The molecule has 9 heteroatoms. The van der Waals surface area contributed by atoms with Crippen LogP contribution in [0.25, 0.3) is 17.0 Å². The Labute approximate surface area is 250 Å². The van der Waals surface area contributed by atoms with Crippen LogP contribution in [0, 0.1) is 0 Å². The molecular weight excluding hydrogens is 542 g/mol. The third kappa shape index (κ3) is 5.61. The molecule has 3 aliphatic rings. The molecule has 7 rings (SSSR count). The highest BCUT2D eigenvalue weighted by Crippen LogP contribution is 2.42. The number of hydrogen-bond acceptors (Lipinski definition) is 6. The molecule has 1 fully saturated rings. The number of carbonyl (C=O) groups excluding carboxylic acids is 2. The van der Waals surface area contributed by atoms with Crippen molar-refractivity contribution < 1.29 is 19.1 Å². The largest absolute Gasteiger partial charge is 0.454 e. The van der Waals surface area contributed by atoms with E-state index in [9.17, 15) is 9.59 Å². The summed E-state index contributed by atoms with van der Waals surface area (Å²) in [6.45, 7) is 6.17. The number of piperazine rings is 1. The Balaban J connectivity index is 1.10. The number of aromatic amines is 1. The molecule has 3 N–H and O–H groups in total. The van der Waals surface area contributed by atoms with Crippen LogP contribution in [0.4, 0.5) is 0 Å². The number of H-pyrrole nitrogens is 1. The molecule has 3 aromatic carbocycles. The first-order chi connectivity index (χ1) is 21.1. The number of hydrogen-bond donors (Lipinski definition) is 3. The van der Waals surface area contributed by atoms with Crippen molar-refractivity contribution in [2.75, 3.05) is 52.6 Å². The van der Waals surface area contributed by atoms with Gasteiger partial charge in [-0.05, 0) is 59.5 Å². The summed E-state index contributed by atoms with van der Waals surface area (Å²) in [4.78, 5) is 34.5. The maximum absolute atomic E-state index is 13.8. The highest BCUT2D eigenvalue weighted by atomic mass is 16.7. The molecule has 2 amide bonds. The van der Waals surface area contributed by atoms with Gasteiger partial charge in [0.15, 0.2) is 11.5 Å². The normalized spacial score (nSPS) is 18.2. The first-order valence-electron chi connectivity index (χ1n) is 14.9. The summed E-state index contributed by atoms with van der Waals surface area (Å²) in [6, 6.07) is 21.2. The molecule has 1 atom stereocenters. The van der Waals surface area contributed by atoms with Crippen molar-refractivity contribution in [1.29, 1.82) is 0 Å². The summed E-state index contributed by atoms with van der Waals surface area (Å²) in [6.07, 6.45) is 4.15. The smallest absolute Gasteiger partial charge is 0.251 e. The summed E-state index contributed by atoms with van der Waals surface area (Å²) in [5.74, 6) is 1.19. The van der Waals surface area contributed by atoms with Crippen LogP contribution < -0.4 is 20.1 Å². The van der Waals surface area contributed by atoms with E-state index in [1.807, 2.05) is 53.4 Å². The molecule has 3 aliphatic heterocycles. The first kappa shape index (κ1) is 27.2. The molecule has 4 heterocycles.